The van der Waals surface area contributed by atoms with Crippen LogP contribution in [-0.2, 0) is 6.54 Å². The Bertz CT molecular complexity index is 503. The number of aromatic nitrogens is 1. The van der Waals surface area contributed by atoms with Gasteiger partial charge in [-0.05, 0) is 31.2 Å². The Kier molecular flexibility index (Phi) is 3.49. The number of hydrogen-bond donors (Lipinski definition) is 1. The van der Waals surface area contributed by atoms with Crippen molar-refractivity contribution in [1.82, 2.24) is 4.57 Å². The van der Waals surface area contributed by atoms with Crippen molar-refractivity contribution in [3.63, 3.8) is 0 Å². The van der Waals surface area contributed by atoms with Crippen LogP contribution in [0.25, 0.3) is 11.3 Å². The quantitative estimate of drug-likeness (QED) is 0.876. The first kappa shape index (κ1) is 11.7. The Labute approximate surface area is 102 Å². The SMILES string of the molecule is COc1ccccc1-c1ccc(C)n1CCN. The van der Waals surface area contributed by atoms with Gasteiger partial charge in [-0.2, -0.15) is 0 Å². The highest BCUT2D eigenvalue weighted by atomic mass is 16.5. The minimum Gasteiger partial charge on any atom is -0.496 e. The van der Waals surface area contributed by atoms with Crippen LogP contribution in [0.5, 0.6) is 5.75 Å². The first-order chi connectivity index (χ1) is 8.27. The van der Waals surface area contributed by atoms with Crippen LogP contribution >= 0.6 is 0 Å². The number of para-hydroxylation sites is 1. The molecule has 0 fully saturated rings. The summed E-state index contributed by atoms with van der Waals surface area (Å²) in [5.41, 5.74) is 9.14. The molecule has 0 aliphatic carbocycles. The van der Waals surface area contributed by atoms with Gasteiger partial charge in [-0.1, -0.05) is 12.1 Å². The minimum absolute atomic E-state index is 0.637. The van der Waals surface area contributed by atoms with Gasteiger partial charge in [-0.25, -0.2) is 0 Å². The number of rotatable bonds is 4. The van der Waals surface area contributed by atoms with Crippen molar-refractivity contribution in [2.45, 2.75) is 13.5 Å². The molecule has 0 saturated carbocycles. The molecule has 0 amide bonds. The molecule has 2 rings (SSSR count). The van der Waals surface area contributed by atoms with Crippen molar-refractivity contribution in [3.8, 4) is 17.0 Å². The lowest BCUT2D eigenvalue weighted by Gasteiger charge is -2.13. The maximum Gasteiger partial charge on any atom is 0.128 e. The van der Waals surface area contributed by atoms with E-state index in [1.807, 2.05) is 18.2 Å². The minimum atomic E-state index is 0.637. The van der Waals surface area contributed by atoms with E-state index in [-0.39, 0.29) is 0 Å². The lowest BCUT2D eigenvalue weighted by molar-refractivity contribution is 0.416. The Balaban J connectivity index is 2.52. The Morgan fingerprint density at radius 1 is 1.18 bits per heavy atom. The van der Waals surface area contributed by atoms with Gasteiger partial charge < -0.3 is 15.0 Å². The molecule has 0 spiro atoms. The molecule has 1 heterocycles. The summed E-state index contributed by atoms with van der Waals surface area (Å²) < 4.78 is 7.62. The van der Waals surface area contributed by atoms with Crippen molar-refractivity contribution in [1.29, 1.82) is 0 Å². The molecule has 1 aromatic carbocycles. The Hall–Kier alpha value is -1.74. The number of methoxy groups -OCH3 is 1. The molecule has 0 radical (unpaired) electrons. The normalized spacial score (nSPS) is 10.5. The van der Waals surface area contributed by atoms with Gasteiger partial charge in [0.25, 0.3) is 0 Å². The van der Waals surface area contributed by atoms with Crippen LogP contribution in [-0.4, -0.2) is 18.2 Å². The van der Waals surface area contributed by atoms with E-state index >= 15 is 0 Å². The van der Waals surface area contributed by atoms with Gasteiger partial charge in [0.2, 0.25) is 0 Å². The van der Waals surface area contributed by atoms with Gasteiger partial charge >= 0.3 is 0 Å². The molecule has 90 valence electrons. The largest absolute Gasteiger partial charge is 0.496 e. The van der Waals surface area contributed by atoms with Crippen molar-refractivity contribution in [2.75, 3.05) is 13.7 Å². The summed E-state index contributed by atoms with van der Waals surface area (Å²) >= 11 is 0. The van der Waals surface area contributed by atoms with E-state index in [9.17, 15) is 0 Å². The van der Waals surface area contributed by atoms with E-state index in [1.54, 1.807) is 7.11 Å². The third kappa shape index (κ3) is 2.19. The fourth-order valence-corrected chi connectivity index (χ4v) is 2.09. The van der Waals surface area contributed by atoms with Crippen LogP contribution < -0.4 is 10.5 Å². The second-order valence-electron chi connectivity index (χ2n) is 4.00. The maximum absolute atomic E-state index is 5.65. The van der Waals surface area contributed by atoms with Crippen LogP contribution in [0.3, 0.4) is 0 Å². The summed E-state index contributed by atoms with van der Waals surface area (Å²) in [6.45, 7) is 3.55. The number of benzene rings is 1. The second kappa shape index (κ2) is 5.06. The number of hydrogen-bond acceptors (Lipinski definition) is 2. The van der Waals surface area contributed by atoms with Gasteiger partial charge in [0.05, 0.1) is 12.8 Å². The predicted molar refractivity (Wildman–Crippen MR) is 70.2 cm³/mol. The number of aryl methyl sites for hydroxylation is 1. The highest BCUT2D eigenvalue weighted by Gasteiger charge is 2.10. The highest BCUT2D eigenvalue weighted by Crippen LogP contribution is 2.30. The third-order valence-corrected chi connectivity index (χ3v) is 2.93. The predicted octanol–water partition coefficient (Wildman–Crippen LogP) is 2.43. The summed E-state index contributed by atoms with van der Waals surface area (Å²) in [7, 11) is 1.70. The molecule has 0 aliphatic rings. The molecule has 0 saturated heterocycles. The number of nitrogens with two attached hydrogens (primary N) is 1. The van der Waals surface area contributed by atoms with E-state index < -0.39 is 0 Å². The molecule has 2 N–H and O–H groups in total. The average molecular weight is 230 g/mol. The van der Waals surface area contributed by atoms with Gasteiger partial charge in [-0.15, -0.1) is 0 Å². The molecule has 1 aromatic heterocycles. The molecule has 0 aliphatic heterocycles. The fourth-order valence-electron chi connectivity index (χ4n) is 2.09. The summed E-state index contributed by atoms with van der Waals surface area (Å²) in [6.07, 6.45) is 0. The van der Waals surface area contributed by atoms with E-state index in [0.29, 0.717) is 6.54 Å². The van der Waals surface area contributed by atoms with Crippen LogP contribution in [0.4, 0.5) is 0 Å². The lowest BCUT2D eigenvalue weighted by Crippen LogP contribution is -2.12. The first-order valence-corrected chi connectivity index (χ1v) is 5.77. The molecule has 0 bridgehead atoms. The van der Waals surface area contributed by atoms with Gasteiger partial charge in [0, 0.05) is 24.3 Å². The maximum atomic E-state index is 5.65. The van der Waals surface area contributed by atoms with Crippen molar-refractivity contribution >= 4 is 0 Å². The molecule has 0 unspecified atom stereocenters. The summed E-state index contributed by atoms with van der Waals surface area (Å²) in [4.78, 5) is 0. The number of ether oxygens (including phenoxy) is 1. The van der Waals surface area contributed by atoms with E-state index in [0.717, 1.165) is 23.6 Å². The zero-order valence-corrected chi connectivity index (χ0v) is 10.3. The number of nitrogens with zero attached hydrogens (tertiary/aromatic N) is 1. The van der Waals surface area contributed by atoms with Crippen molar-refractivity contribution in [2.24, 2.45) is 5.73 Å². The Morgan fingerprint density at radius 2 is 1.94 bits per heavy atom. The average Bonchev–Trinajstić information content (AvgIpc) is 2.72. The first-order valence-electron chi connectivity index (χ1n) is 5.77. The van der Waals surface area contributed by atoms with Crippen LogP contribution in [0.2, 0.25) is 0 Å². The van der Waals surface area contributed by atoms with Crippen LogP contribution in [0.15, 0.2) is 36.4 Å². The monoisotopic (exact) mass is 230 g/mol. The smallest absolute Gasteiger partial charge is 0.128 e. The molecule has 2 aromatic rings. The zero-order chi connectivity index (χ0) is 12.3. The van der Waals surface area contributed by atoms with Gasteiger partial charge in [0.1, 0.15) is 5.75 Å². The third-order valence-electron chi connectivity index (χ3n) is 2.93. The van der Waals surface area contributed by atoms with Crippen LogP contribution in [0.1, 0.15) is 5.69 Å². The highest BCUT2D eigenvalue weighted by molar-refractivity contribution is 5.68. The van der Waals surface area contributed by atoms with Gasteiger partial charge in [0.15, 0.2) is 0 Å². The van der Waals surface area contributed by atoms with E-state index in [1.165, 1.54) is 5.69 Å². The molecular weight excluding hydrogens is 212 g/mol. The molecule has 17 heavy (non-hydrogen) atoms. The van der Waals surface area contributed by atoms with Crippen molar-refractivity contribution < 1.29 is 4.74 Å². The summed E-state index contributed by atoms with van der Waals surface area (Å²) in [5.74, 6) is 0.892. The second-order valence-corrected chi connectivity index (χ2v) is 4.00. The Morgan fingerprint density at radius 3 is 2.65 bits per heavy atom. The molecule has 3 nitrogen and oxygen atoms in total. The zero-order valence-electron chi connectivity index (χ0n) is 10.3. The fraction of sp³-hybridized carbons (Fsp3) is 0.286. The summed E-state index contributed by atoms with van der Waals surface area (Å²) in [6, 6.07) is 12.3. The van der Waals surface area contributed by atoms with Crippen molar-refractivity contribution in [3.05, 3.63) is 42.1 Å². The topological polar surface area (TPSA) is 40.2 Å². The van der Waals surface area contributed by atoms with Gasteiger partial charge in [-0.3, -0.25) is 0 Å². The molecular formula is C14H18N2O. The van der Waals surface area contributed by atoms with E-state index in [4.69, 9.17) is 10.5 Å². The lowest BCUT2D eigenvalue weighted by atomic mass is 10.1. The standard InChI is InChI=1S/C14H18N2O/c1-11-7-8-13(16(11)10-9-15)12-5-3-4-6-14(12)17-2/h3-8H,9-10,15H2,1-2H3. The molecule has 0 atom stereocenters. The molecule has 3 heteroatoms. The van der Waals surface area contributed by atoms with E-state index in [2.05, 4.69) is 29.7 Å². The summed E-state index contributed by atoms with van der Waals surface area (Å²) in [5, 5.41) is 0. The van der Waals surface area contributed by atoms with Crippen LogP contribution in [0, 0.1) is 6.92 Å².